The van der Waals surface area contributed by atoms with Gasteiger partial charge >= 0.3 is 6.18 Å². The fraction of sp³-hybridized carbons (Fsp3) is 0.750. The molecule has 1 amide bonds. The Hall–Kier alpha value is -1.53. The van der Waals surface area contributed by atoms with Gasteiger partial charge in [-0.05, 0) is 31.7 Å². The van der Waals surface area contributed by atoms with E-state index < -0.39 is 11.9 Å². The van der Waals surface area contributed by atoms with Crippen LogP contribution in [0.3, 0.4) is 0 Å². The van der Waals surface area contributed by atoms with Crippen LogP contribution in [0.1, 0.15) is 62.3 Å². The monoisotopic (exact) mass is 329 g/mol. The molecule has 1 saturated heterocycles. The Bertz CT molecular complexity index is 555. The molecule has 0 radical (unpaired) electrons. The molecule has 2 fully saturated rings. The lowest BCUT2D eigenvalue weighted by molar-refractivity contribution is -0.141. The Morgan fingerprint density at radius 3 is 2.39 bits per heavy atom. The molecule has 0 N–H and O–H groups in total. The standard InChI is InChI=1S/C16H22F3N3O/c17-16(18,19)14-11-13(12-5-6-12)22(20-14)10-7-15(23)21-8-3-1-2-4-9-21/h11-12H,1-10H2. The molecule has 4 nitrogen and oxygen atoms in total. The van der Waals surface area contributed by atoms with E-state index in [0.29, 0.717) is 5.69 Å². The van der Waals surface area contributed by atoms with Crippen molar-refractivity contribution < 1.29 is 18.0 Å². The summed E-state index contributed by atoms with van der Waals surface area (Å²) in [5.41, 5.74) is -0.220. The van der Waals surface area contributed by atoms with E-state index in [1.165, 1.54) is 4.68 Å². The lowest BCUT2D eigenvalue weighted by Crippen LogP contribution is -2.32. The highest BCUT2D eigenvalue weighted by atomic mass is 19.4. The van der Waals surface area contributed by atoms with Gasteiger partial charge in [0.2, 0.25) is 5.91 Å². The highest BCUT2D eigenvalue weighted by Crippen LogP contribution is 2.42. The van der Waals surface area contributed by atoms with Gasteiger partial charge in [-0.15, -0.1) is 0 Å². The van der Waals surface area contributed by atoms with Crippen molar-refractivity contribution in [3.63, 3.8) is 0 Å². The van der Waals surface area contributed by atoms with Crippen molar-refractivity contribution in [1.29, 1.82) is 0 Å². The Morgan fingerprint density at radius 1 is 1.17 bits per heavy atom. The number of halogens is 3. The minimum absolute atomic E-state index is 0.0257. The van der Waals surface area contributed by atoms with Crippen LogP contribution in [0.4, 0.5) is 13.2 Å². The van der Waals surface area contributed by atoms with Gasteiger partial charge in [0.15, 0.2) is 5.69 Å². The molecular weight excluding hydrogens is 307 g/mol. The van der Waals surface area contributed by atoms with Crippen molar-refractivity contribution in [2.24, 2.45) is 0 Å². The number of aromatic nitrogens is 2. The van der Waals surface area contributed by atoms with Gasteiger partial charge in [0.1, 0.15) is 0 Å². The molecule has 1 aliphatic carbocycles. The lowest BCUT2D eigenvalue weighted by atomic mass is 10.2. The van der Waals surface area contributed by atoms with E-state index in [4.69, 9.17) is 0 Å². The van der Waals surface area contributed by atoms with E-state index in [2.05, 4.69) is 5.10 Å². The molecule has 0 atom stereocenters. The number of nitrogens with zero attached hydrogens (tertiary/aromatic N) is 3. The topological polar surface area (TPSA) is 38.1 Å². The second kappa shape index (κ2) is 6.53. The maximum absolute atomic E-state index is 12.8. The van der Waals surface area contributed by atoms with Crippen LogP contribution in [0, 0.1) is 0 Å². The SMILES string of the molecule is O=C(CCn1nc(C(F)(F)F)cc1C1CC1)N1CCCCCC1. The number of amides is 1. The molecular formula is C16H22F3N3O. The number of hydrogen-bond acceptors (Lipinski definition) is 2. The second-order valence-electron chi connectivity index (χ2n) is 6.49. The predicted molar refractivity (Wildman–Crippen MR) is 78.9 cm³/mol. The summed E-state index contributed by atoms with van der Waals surface area (Å²) >= 11 is 0. The van der Waals surface area contributed by atoms with Crippen molar-refractivity contribution >= 4 is 5.91 Å². The third-order valence-corrected chi connectivity index (χ3v) is 4.59. The first-order valence-corrected chi connectivity index (χ1v) is 8.38. The zero-order chi connectivity index (χ0) is 16.4. The summed E-state index contributed by atoms with van der Waals surface area (Å²) in [6, 6.07) is 1.15. The van der Waals surface area contributed by atoms with Gasteiger partial charge in [0, 0.05) is 37.7 Å². The predicted octanol–water partition coefficient (Wildman–Crippen LogP) is 3.57. The number of aryl methyl sites for hydroxylation is 1. The van der Waals surface area contributed by atoms with E-state index in [1.807, 2.05) is 4.90 Å². The molecule has 2 aliphatic rings. The third-order valence-electron chi connectivity index (χ3n) is 4.59. The number of carbonyl (C=O) groups is 1. The van der Waals surface area contributed by atoms with Gasteiger partial charge in [-0.2, -0.15) is 18.3 Å². The van der Waals surface area contributed by atoms with E-state index in [9.17, 15) is 18.0 Å². The number of hydrogen-bond donors (Lipinski definition) is 0. The normalized spacial score (nSPS) is 19.7. The first-order valence-electron chi connectivity index (χ1n) is 8.38. The molecule has 23 heavy (non-hydrogen) atoms. The molecule has 1 saturated carbocycles. The Morgan fingerprint density at radius 2 is 1.83 bits per heavy atom. The minimum atomic E-state index is -4.43. The summed E-state index contributed by atoms with van der Waals surface area (Å²) in [5, 5.41) is 3.70. The van der Waals surface area contributed by atoms with Crippen LogP contribution in [0.5, 0.6) is 0 Å². The van der Waals surface area contributed by atoms with E-state index in [-0.39, 0.29) is 24.8 Å². The molecule has 7 heteroatoms. The second-order valence-corrected chi connectivity index (χ2v) is 6.49. The van der Waals surface area contributed by atoms with Gasteiger partial charge in [-0.1, -0.05) is 12.8 Å². The van der Waals surface area contributed by atoms with Crippen LogP contribution in [0.15, 0.2) is 6.07 Å². The Labute approximate surface area is 133 Å². The molecule has 0 spiro atoms. The zero-order valence-corrected chi connectivity index (χ0v) is 13.1. The maximum Gasteiger partial charge on any atom is 0.435 e. The Balaban J connectivity index is 1.65. The molecule has 0 unspecified atom stereocenters. The van der Waals surface area contributed by atoms with Crippen molar-refractivity contribution in [2.45, 2.75) is 63.6 Å². The van der Waals surface area contributed by atoms with Crippen LogP contribution in [-0.2, 0) is 17.5 Å². The van der Waals surface area contributed by atoms with Crippen LogP contribution >= 0.6 is 0 Å². The lowest BCUT2D eigenvalue weighted by Gasteiger charge is -2.20. The molecule has 1 aromatic heterocycles. The summed E-state index contributed by atoms with van der Waals surface area (Å²) in [6.07, 6.45) is 1.92. The van der Waals surface area contributed by atoms with E-state index >= 15 is 0 Å². The first-order chi connectivity index (χ1) is 10.9. The van der Waals surface area contributed by atoms with E-state index in [0.717, 1.165) is 57.7 Å². The molecule has 2 heterocycles. The highest BCUT2D eigenvalue weighted by molar-refractivity contribution is 5.76. The quantitative estimate of drug-likeness (QED) is 0.847. The average Bonchev–Trinajstić information content (AvgIpc) is 3.28. The highest BCUT2D eigenvalue weighted by Gasteiger charge is 2.37. The largest absolute Gasteiger partial charge is 0.435 e. The number of likely N-dealkylation sites (tertiary alicyclic amines) is 1. The summed E-state index contributed by atoms with van der Waals surface area (Å²) in [5.74, 6) is 0.199. The van der Waals surface area contributed by atoms with Crippen molar-refractivity contribution in [1.82, 2.24) is 14.7 Å². The van der Waals surface area contributed by atoms with Gasteiger partial charge < -0.3 is 4.90 Å². The molecule has 3 rings (SSSR count). The Kier molecular flexibility index (Phi) is 4.64. The van der Waals surface area contributed by atoms with Gasteiger partial charge in [0.25, 0.3) is 0 Å². The van der Waals surface area contributed by atoms with Gasteiger partial charge in [-0.3, -0.25) is 9.48 Å². The smallest absolute Gasteiger partial charge is 0.343 e. The van der Waals surface area contributed by atoms with Gasteiger partial charge in [-0.25, -0.2) is 0 Å². The average molecular weight is 329 g/mol. The summed E-state index contributed by atoms with van der Waals surface area (Å²) in [4.78, 5) is 14.1. The maximum atomic E-state index is 12.8. The van der Waals surface area contributed by atoms with Crippen LogP contribution in [0.2, 0.25) is 0 Å². The first kappa shape index (κ1) is 16.3. The minimum Gasteiger partial charge on any atom is -0.343 e. The summed E-state index contributed by atoms with van der Waals surface area (Å²) in [6.45, 7) is 1.76. The molecule has 128 valence electrons. The summed E-state index contributed by atoms with van der Waals surface area (Å²) < 4.78 is 39.9. The van der Waals surface area contributed by atoms with Crippen LogP contribution < -0.4 is 0 Å². The number of alkyl halides is 3. The van der Waals surface area contributed by atoms with Crippen molar-refractivity contribution in [3.05, 3.63) is 17.5 Å². The van der Waals surface area contributed by atoms with Crippen LogP contribution in [-0.4, -0.2) is 33.7 Å². The zero-order valence-electron chi connectivity index (χ0n) is 13.1. The molecule has 0 bridgehead atoms. The number of carbonyl (C=O) groups excluding carboxylic acids is 1. The summed E-state index contributed by atoms with van der Waals surface area (Å²) in [7, 11) is 0. The van der Waals surface area contributed by atoms with Crippen LogP contribution in [0.25, 0.3) is 0 Å². The fourth-order valence-electron chi connectivity index (χ4n) is 3.14. The van der Waals surface area contributed by atoms with Gasteiger partial charge in [0.05, 0.1) is 0 Å². The van der Waals surface area contributed by atoms with Crippen molar-refractivity contribution in [2.75, 3.05) is 13.1 Å². The fourth-order valence-corrected chi connectivity index (χ4v) is 3.14. The molecule has 0 aromatic carbocycles. The molecule has 1 aromatic rings. The third kappa shape index (κ3) is 4.06. The van der Waals surface area contributed by atoms with E-state index in [1.54, 1.807) is 0 Å². The number of rotatable bonds is 4. The van der Waals surface area contributed by atoms with Crippen molar-refractivity contribution in [3.8, 4) is 0 Å². The molecule has 1 aliphatic heterocycles.